The van der Waals surface area contributed by atoms with E-state index in [9.17, 15) is 8.42 Å². The van der Waals surface area contributed by atoms with Crippen molar-refractivity contribution in [1.82, 2.24) is 14.6 Å². The zero-order chi connectivity index (χ0) is 15.0. The Kier molecular flexibility index (Phi) is 4.27. The van der Waals surface area contributed by atoms with Crippen molar-refractivity contribution in [2.75, 3.05) is 0 Å². The van der Waals surface area contributed by atoms with E-state index in [0.717, 1.165) is 25.1 Å². The lowest BCUT2D eigenvalue weighted by atomic mass is 10.3. The van der Waals surface area contributed by atoms with Gasteiger partial charge in [0.2, 0.25) is 10.0 Å². The van der Waals surface area contributed by atoms with Gasteiger partial charge in [-0.05, 0) is 32.8 Å². The molecule has 2 N–H and O–H groups in total. The second-order valence-corrected chi connectivity index (χ2v) is 7.84. The summed E-state index contributed by atoms with van der Waals surface area (Å²) in [5.74, 6) is 0. The SMILES string of the molecule is CCn1cc(S(=O)(=O)NC2(C)CC2)cc1CNC(C)C. The highest BCUT2D eigenvalue weighted by Crippen LogP contribution is 2.36. The van der Waals surface area contributed by atoms with E-state index < -0.39 is 10.0 Å². The molecule has 1 aliphatic carbocycles. The third-order valence-electron chi connectivity index (χ3n) is 3.68. The summed E-state index contributed by atoms with van der Waals surface area (Å²) in [5, 5.41) is 3.33. The van der Waals surface area contributed by atoms with Crippen LogP contribution in [0.5, 0.6) is 0 Å². The molecule has 0 amide bonds. The van der Waals surface area contributed by atoms with Crippen LogP contribution < -0.4 is 10.0 Å². The minimum absolute atomic E-state index is 0.233. The molecule has 20 heavy (non-hydrogen) atoms. The predicted octanol–water partition coefficient (Wildman–Crippen LogP) is 1.84. The van der Waals surface area contributed by atoms with Gasteiger partial charge in [0, 0.05) is 36.6 Å². The van der Waals surface area contributed by atoms with Crippen molar-refractivity contribution in [1.29, 1.82) is 0 Å². The van der Waals surface area contributed by atoms with Crippen LogP contribution in [0.25, 0.3) is 0 Å². The van der Waals surface area contributed by atoms with Crippen LogP contribution in [0.4, 0.5) is 0 Å². The fourth-order valence-corrected chi connectivity index (χ4v) is 3.62. The maximum Gasteiger partial charge on any atom is 0.242 e. The van der Waals surface area contributed by atoms with Crippen LogP contribution in [-0.2, 0) is 23.1 Å². The first-order valence-electron chi connectivity index (χ1n) is 7.22. The molecule has 2 rings (SSSR count). The smallest absolute Gasteiger partial charge is 0.242 e. The van der Waals surface area contributed by atoms with Gasteiger partial charge in [-0.3, -0.25) is 0 Å². The molecule has 1 saturated carbocycles. The first kappa shape index (κ1) is 15.5. The molecule has 0 aromatic carbocycles. The third kappa shape index (κ3) is 3.62. The van der Waals surface area contributed by atoms with Crippen LogP contribution in [-0.4, -0.2) is 24.6 Å². The standard InChI is InChI=1S/C14H25N3O2S/c1-5-17-10-13(8-12(17)9-15-11(2)3)20(18,19)16-14(4)6-7-14/h8,10-11,15-16H,5-7,9H2,1-4H3. The molecule has 1 heterocycles. The van der Waals surface area contributed by atoms with Crippen molar-refractivity contribution in [3.8, 4) is 0 Å². The highest BCUT2D eigenvalue weighted by molar-refractivity contribution is 7.89. The quantitative estimate of drug-likeness (QED) is 0.807. The van der Waals surface area contributed by atoms with Crippen LogP contribution >= 0.6 is 0 Å². The maximum atomic E-state index is 12.4. The molecule has 0 aliphatic heterocycles. The molecule has 1 aromatic heterocycles. The molecular formula is C14H25N3O2S. The summed E-state index contributed by atoms with van der Waals surface area (Å²) in [5.41, 5.74) is 0.770. The average molecular weight is 299 g/mol. The van der Waals surface area contributed by atoms with E-state index in [1.807, 2.05) is 18.4 Å². The van der Waals surface area contributed by atoms with Crippen LogP contribution in [0.3, 0.4) is 0 Å². The van der Waals surface area contributed by atoms with Gasteiger partial charge in [-0.1, -0.05) is 13.8 Å². The van der Waals surface area contributed by atoms with Gasteiger partial charge in [0.1, 0.15) is 0 Å². The Labute approximate surface area is 121 Å². The molecule has 0 spiro atoms. The number of sulfonamides is 1. The molecule has 0 atom stereocenters. The molecule has 0 saturated heterocycles. The second-order valence-electron chi connectivity index (χ2n) is 6.15. The van der Waals surface area contributed by atoms with Crippen molar-refractivity contribution < 1.29 is 8.42 Å². The minimum atomic E-state index is -3.40. The maximum absolute atomic E-state index is 12.4. The molecule has 0 unspecified atom stereocenters. The normalized spacial score (nSPS) is 17.6. The van der Waals surface area contributed by atoms with Crippen molar-refractivity contribution in [3.63, 3.8) is 0 Å². The third-order valence-corrected chi connectivity index (χ3v) is 5.29. The van der Waals surface area contributed by atoms with Crippen LogP contribution in [0.2, 0.25) is 0 Å². The zero-order valence-corrected chi connectivity index (χ0v) is 13.5. The summed E-state index contributed by atoms with van der Waals surface area (Å²) in [6, 6.07) is 2.14. The molecule has 1 aliphatic rings. The Morgan fingerprint density at radius 2 is 2.05 bits per heavy atom. The minimum Gasteiger partial charge on any atom is -0.349 e. The van der Waals surface area contributed by atoms with Gasteiger partial charge < -0.3 is 9.88 Å². The first-order valence-corrected chi connectivity index (χ1v) is 8.70. The Morgan fingerprint density at radius 3 is 2.55 bits per heavy atom. The number of hydrogen-bond acceptors (Lipinski definition) is 3. The Morgan fingerprint density at radius 1 is 1.40 bits per heavy atom. The van der Waals surface area contributed by atoms with Crippen molar-refractivity contribution in [2.45, 2.75) is 70.1 Å². The van der Waals surface area contributed by atoms with E-state index >= 15 is 0 Å². The van der Waals surface area contributed by atoms with E-state index in [0.29, 0.717) is 17.5 Å². The molecule has 6 heteroatoms. The second kappa shape index (κ2) is 5.50. The number of hydrogen-bond donors (Lipinski definition) is 2. The molecule has 0 bridgehead atoms. The summed E-state index contributed by atoms with van der Waals surface area (Å²) < 4.78 is 29.5. The average Bonchev–Trinajstić information content (AvgIpc) is 2.92. The molecule has 1 aromatic rings. The lowest BCUT2D eigenvalue weighted by Gasteiger charge is -2.10. The van der Waals surface area contributed by atoms with Crippen LogP contribution in [0.15, 0.2) is 17.2 Å². The van der Waals surface area contributed by atoms with E-state index in [2.05, 4.69) is 23.9 Å². The fourth-order valence-electron chi connectivity index (χ4n) is 2.10. The lowest BCUT2D eigenvalue weighted by Crippen LogP contribution is -2.34. The van der Waals surface area contributed by atoms with Gasteiger partial charge in [-0.15, -0.1) is 0 Å². The molecule has 5 nitrogen and oxygen atoms in total. The van der Waals surface area contributed by atoms with Crippen LogP contribution in [0.1, 0.15) is 46.2 Å². The van der Waals surface area contributed by atoms with E-state index in [1.165, 1.54) is 0 Å². The monoisotopic (exact) mass is 299 g/mol. The first-order chi connectivity index (χ1) is 9.26. The van der Waals surface area contributed by atoms with Gasteiger partial charge in [-0.25, -0.2) is 13.1 Å². The summed E-state index contributed by atoms with van der Waals surface area (Å²) >= 11 is 0. The molecule has 0 radical (unpaired) electrons. The predicted molar refractivity (Wildman–Crippen MR) is 80.0 cm³/mol. The number of rotatable bonds is 7. The van der Waals surface area contributed by atoms with Crippen LogP contribution in [0, 0.1) is 0 Å². The summed E-state index contributed by atoms with van der Waals surface area (Å²) in [7, 11) is -3.40. The Balaban J connectivity index is 2.19. The Hall–Kier alpha value is -0.850. The molecular weight excluding hydrogens is 274 g/mol. The summed E-state index contributed by atoms with van der Waals surface area (Å²) in [4.78, 5) is 0.369. The number of aromatic nitrogens is 1. The number of nitrogens with one attached hydrogen (secondary N) is 2. The summed E-state index contributed by atoms with van der Waals surface area (Å²) in [6.07, 6.45) is 3.57. The van der Waals surface area contributed by atoms with Gasteiger partial charge in [0.25, 0.3) is 0 Å². The van der Waals surface area contributed by atoms with E-state index in [1.54, 1.807) is 12.3 Å². The fraction of sp³-hybridized carbons (Fsp3) is 0.714. The van der Waals surface area contributed by atoms with Gasteiger partial charge in [0.15, 0.2) is 0 Å². The van der Waals surface area contributed by atoms with Gasteiger partial charge >= 0.3 is 0 Å². The number of aryl methyl sites for hydroxylation is 1. The van der Waals surface area contributed by atoms with E-state index in [4.69, 9.17) is 0 Å². The highest BCUT2D eigenvalue weighted by Gasteiger charge is 2.41. The van der Waals surface area contributed by atoms with Crippen molar-refractivity contribution >= 4 is 10.0 Å². The van der Waals surface area contributed by atoms with Gasteiger partial charge in [0.05, 0.1) is 4.90 Å². The highest BCUT2D eigenvalue weighted by atomic mass is 32.2. The lowest BCUT2D eigenvalue weighted by molar-refractivity contribution is 0.557. The Bertz CT molecular complexity index is 571. The van der Waals surface area contributed by atoms with Crippen molar-refractivity contribution in [2.24, 2.45) is 0 Å². The van der Waals surface area contributed by atoms with Gasteiger partial charge in [-0.2, -0.15) is 0 Å². The largest absolute Gasteiger partial charge is 0.349 e. The molecule has 1 fully saturated rings. The summed E-state index contributed by atoms with van der Waals surface area (Å²) in [6.45, 7) is 9.56. The topological polar surface area (TPSA) is 63.1 Å². The molecule has 114 valence electrons. The van der Waals surface area contributed by atoms with Crippen molar-refractivity contribution in [3.05, 3.63) is 18.0 Å². The van der Waals surface area contributed by atoms with E-state index in [-0.39, 0.29) is 5.54 Å². The zero-order valence-electron chi connectivity index (χ0n) is 12.7. The number of nitrogens with zero attached hydrogens (tertiary/aromatic N) is 1.